The topological polar surface area (TPSA) is 50.4 Å². The van der Waals surface area contributed by atoms with Gasteiger partial charge in [-0.25, -0.2) is 9.18 Å². The van der Waals surface area contributed by atoms with E-state index in [2.05, 4.69) is 26.6 Å². The molecule has 0 unspecified atom stereocenters. The standard InChI is InChI=1S/C14H12BrFN2O2/c1-20-13-5-3-2-4-12(13)18-14(19)17-11-7-6-9(16)8-10(11)15/h2-8H,1H3,(H2,17,18,19). The van der Waals surface area contributed by atoms with Crippen molar-refractivity contribution in [2.24, 2.45) is 0 Å². The molecule has 20 heavy (non-hydrogen) atoms. The molecule has 0 atom stereocenters. The number of nitrogens with one attached hydrogen (secondary N) is 2. The summed E-state index contributed by atoms with van der Waals surface area (Å²) in [5, 5.41) is 5.28. The van der Waals surface area contributed by atoms with Crippen LogP contribution in [0.3, 0.4) is 0 Å². The lowest BCUT2D eigenvalue weighted by Gasteiger charge is -2.11. The molecule has 0 aliphatic carbocycles. The number of methoxy groups -OCH3 is 1. The quantitative estimate of drug-likeness (QED) is 0.879. The first-order valence-corrected chi connectivity index (χ1v) is 6.55. The summed E-state index contributed by atoms with van der Waals surface area (Å²) in [4.78, 5) is 11.9. The number of ether oxygens (including phenoxy) is 1. The molecule has 0 fully saturated rings. The van der Waals surface area contributed by atoms with E-state index in [0.29, 0.717) is 21.6 Å². The molecule has 0 aromatic heterocycles. The molecule has 2 rings (SSSR count). The number of hydrogen-bond acceptors (Lipinski definition) is 2. The van der Waals surface area contributed by atoms with Gasteiger partial charge in [-0.15, -0.1) is 0 Å². The average Bonchev–Trinajstić information content (AvgIpc) is 2.42. The van der Waals surface area contributed by atoms with E-state index in [4.69, 9.17) is 4.74 Å². The van der Waals surface area contributed by atoms with Crippen molar-refractivity contribution in [3.8, 4) is 5.75 Å². The zero-order valence-electron chi connectivity index (χ0n) is 10.6. The lowest BCUT2D eigenvalue weighted by Crippen LogP contribution is -2.20. The molecule has 0 heterocycles. The van der Waals surface area contributed by atoms with E-state index in [1.54, 1.807) is 24.3 Å². The minimum atomic E-state index is -0.443. The third-order valence-corrected chi connectivity index (χ3v) is 3.19. The van der Waals surface area contributed by atoms with E-state index in [0.717, 1.165) is 0 Å². The van der Waals surface area contributed by atoms with Gasteiger partial charge in [0, 0.05) is 4.47 Å². The van der Waals surface area contributed by atoms with E-state index in [1.165, 1.54) is 25.3 Å². The van der Waals surface area contributed by atoms with Crippen molar-refractivity contribution in [1.82, 2.24) is 0 Å². The molecule has 0 spiro atoms. The van der Waals surface area contributed by atoms with Crippen molar-refractivity contribution in [3.05, 3.63) is 52.8 Å². The maximum absolute atomic E-state index is 13.0. The smallest absolute Gasteiger partial charge is 0.323 e. The third-order valence-electron chi connectivity index (χ3n) is 2.53. The Morgan fingerprint density at radius 1 is 1.15 bits per heavy atom. The number of carbonyl (C=O) groups excluding carboxylic acids is 1. The lowest BCUT2D eigenvalue weighted by molar-refractivity contribution is 0.262. The minimum absolute atomic E-state index is 0.382. The Labute approximate surface area is 124 Å². The van der Waals surface area contributed by atoms with Crippen LogP contribution >= 0.6 is 15.9 Å². The van der Waals surface area contributed by atoms with Crippen molar-refractivity contribution < 1.29 is 13.9 Å². The molecule has 104 valence electrons. The number of halogens is 2. The Hall–Kier alpha value is -2.08. The normalized spacial score (nSPS) is 9.95. The molecule has 4 nitrogen and oxygen atoms in total. The van der Waals surface area contributed by atoms with E-state index < -0.39 is 6.03 Å². The van der Waals surface area contributed by atoms with Gasteiger partial charge in [-0.1, -0.05) is 12.1 Å². The van der Waals surface area contributed by atoms with E-state index in [9.17, 15) is 9.18 Å². The number of rotatable bonds is 3. The SMILES string of the molecule is COc1ccccc1NC(=O)Nc1ccc(F)cc1Br. The van der Waals surface area contributed by atoms with Crippen LogP contribution in [-0.2, 0) is 0 Å². The van der Waals surface area contributed by atoms with Crippen LogP contribution in [0.15, 0.2) is 46.9 Å². The fourth-order valence-electron chi connectivity index (χ4n) is 1.61. The first-order chi connectivity index (χ1) is 9.60. The first-order valence-electron chi connectivity index (χ1n) is 5.76. The molecule has 2 N–H and O–H groups in total. The first kappa shape index (κ1) is 14.3. The van der Waals surface area contributed by atoms with Crippen LogP contribution in [0.4, 0.5) is 20.6 Å². The summed E-state index contributed by atoms with van der Waals surface area (Å²) >= 11 is 3.18. The average molecular weight is 339 g/mol. The van der Waals surface area contributed by atoms with Gasteiger partial charge >= 0.3 is 6.03 Å². The predicted molar refractivity (Wildman–Crippen MR) is 79.7 cm³/mol. The molecule has 2 amide bonds. The van der Waals surface area contributed by atoms with Crippen LogP contribution in [0.1, 0.15) is 0 Å². The van der Waals surface area contributed by atoms with Crippen LogP contribution in [0.25, 0.3) is 0 Å². The highest BCUT2D eigenvalue weighted by Gasteiger charge is 2.09. The minimum Gasteiger partial charge on any atom is -0.495 e. The van der Waals surface area contributed by atoms with Crippen molar-refractivity contribution in [3.63, 3.8) is 0 Å². The fourth-order valence-corrected chi connectivity index (χ4v) is 2.06. The highest BCUT2D eigenvalue weighted by Crippen LogP contribution is 2.25. The fraction of sp³-hybridized carbons (Fsp3) is 0.0714. The van der Waals surface area contributed by atoms with Crippen LogP contribution in [0.2, 0.25) is 0 Å². The van der Waals surface area contributed by atoms with Crippen molar-refractivity contribution in [1.29, 1.82) is 0 Å². The molecule has 0 aliphatic heterocycles. The lowest BCUT2D eigenvalue weighted by atomic mass is 10.3. The van der Waals surface area contributed by atoms with Crippen LogP contribution in [0, 0.1) is 5.82 Å². The highest BCUT2D eigenvalue weighted by atomic mass is 79.9. The number of urea groups is 1. The number of amides is 2. The second-order valence-corrected chi connectivity index (χ2v) is 4.76. The van der Waals surface area contributed by atoms with Gasteiger partial charge in [-0.3, -0.25) is 0 Å². The Kier molecular flexibility index (Phi) is 4.57. The summed E-state index contributed by atoms with van der Waals surface area (Å²) in [7, 11) is 1.52. The van der Waals surface area contributed by atoms with E-state index in [-0.39, 0.29) is 5.82 Å². The van der Waals surface area contributed by atoms with Gasteiger partial charge in [0.1, 0.15) is 11.6 Å². The number of hydrogen-bond donors (Lipinski definition) is 2. The number of anilines is 2. The molecule has 2 aromatic carbocycles. The van der Waals surface area contributed by atoms with Crippen molar-refractivity contribution in [2.45, 2.75) is 0 Å². The van der Waals surface area contributed by atoms with Gasteiger partial charge in [-0.2, -0.15) is 0 Å². The van der Waals surface area contributed by atoms with Gasteiger partial charge < -0.3 is 15.4 Å². The van der Waals surface area contributed by atoms with Crippen LogP contribution < -0.4 is 15.4 Å². The zero-order valence-corrected chi connectivity index (χ0v) is 12.2. The van der Waals surface area contributed by atoms with Gasteiger partial charge in [-0.05, 0) is 46.3 Å². The van der Waals surface area contributed by atoms with Gasteiger partial charge in [0.15, 0.2) is 0 Å². The summed E-state index contributed by atoms with van der Waals surface area (Å²) in [5.74, 6) is 0.174. The maximum Gasteiger partial charge on any atom is 0.323 e. The Balaban J connectivity index is 2.09. The Morgan fingerprint density at radius 3 is 2.55 bits per heavy atom. The Morgan fingerprint density at radius 2 is 1.85 bits per heavy atom. The van der Waals surface area contributed by atoms with Crippen molar-refractivity contribution in [2.75, 3.05) is 17.7 Å². The number of carbonyl (C=O) groups is 1. The third kappa shape index (κ3) is 3.48. The monoisotopic (exact) mass is 338 g/mol. The maximum atomic E-state index is 13.0. The van der Waals surface area contributed by atoms with Crippen molar-refractivity contribution >= 4 is 33.3 Å². The molecule has 0 aliphatic rings. The summed E-state index contributed by atoms with van der Waals surface area (Å²) in [6.07, 6.45) is 0. The molecule has 0 saturated heterocycles. The van der Waals surface area contributed by atoms with E-state index in [1.807, 2.05) is 0 Å². The molecular formula is C14H12BrFN2O2. The molecular weight excluding hydrogens is 327 g/mol. The van der Waals surface area contributed by atoms with Gasteiger partial charge in [0.25, 0.3) is 0 Å². The summed E-state index contributed by atoms with van der Waals surface area (Å²) in [6, 6.07) is 10.6. The zero-order chi connectivity index (χ0) is 14.5. The Bertz CT molecular complexity index is 634. The molecule has 0 radical (unpaired) electrons. The second kappa shape index (κ2) is 6.38. The number of benzene rings is 2. The van der Waals surface area contributed by atoms with Gasteiger partial charge in [0.05, 0.1) is 18.5 Å². The summed E-state index contributed by atoms with van der Waals surface area (Å²) < 4.78 is 18.6. The summed E-state index contributed by atoms with van der Waals surface area (Å²) in [6.45, 7) is 0. The largest absolute Gasteiger partial charge is 0.495 e. The molecule has 2 aromatic rings. The summed E-state index contributed by atoms with van der Waals surface area (Å²) in [5.41, 5.74) is 1.02. The molecule has 0 saturated carbocycles. The van der Waals surface area contributed by atoms with Gasteiger partial charge in [0.2, 0.25) is 0 Å². The molecule has 6 heteroatoms. The van der Waals surface area contributed by atoms with Crippen LogP contribution in [0.5, 0.6) is 5.75 Å². The predicted octanol–water partition coefficient (Wildman–Crippen LogP) is 4.24. The highest BCUT2D eigenvalue weighted by molar-refractivity contribution is 9.10. The van der Waals surface area contributed by atoms with E-state index >= 15 is 0 Å². The van der Waals surface area contributed by atoms with Crippen LogP contribution in [-0.4, -0.2) is 13.1 Å². The second-order valence-electron chi connectivity index (χ2n) is 3.90. The molecule has 0 bridgehead atoms. The number of para-hydroxylation sites is 2.